The van der Waals surface area contributed by atoms with Gasteiger partial charge in [-0.25, -0.2) is 9.59 Å². The molecule has 0 unspecified atom stereocenters. The maximum atomic E-state index is 12.1. The second kappa shape index (κ2) is 5.91. The number of nitrogens with zero attached hydrogens (tertiary/aromatic N) is 1. The highest BCUT2D eigenvalue weighted by Gasteiger charge is 2.30. The third-order valence-corrected chi connectivity index (χ3v) is 2.67. The zero-order valence-corrected chi connectivity index (χ0v) is 11.8. The SMILES string of the molecule is C[C@@H](C(=O)O)N(CC1=CC=CC1)C(=O)OC(C)(C)C. The van der Waals surface area contributed by atoms with E-state index in [1.165, 1.54) is 11.8 Å². The first-order chi connectivity index (χ1) is 8.70. The molecule has 0 aliphatic heterocycles. The zero-order valence-electron chi connectivity index (χ0n) is 11.8. The van der Waals surface area contributed by atoms with E-state index in [0.717, 1.165) is 12.0 Å². The van der Waals surface area contributed by atoms with Gasteiger partial charge in [-0.1, -0.05) is 18.2 Å². The van der Waals surface area contributed by atoms with Crippen LogP contribution >= 0.6 is 0 Å². The van der Waals surface area contributed by atoms with Crippen LogP contribution in [0.2, 0.25) is 0 Å². The van der Waals surface area contributed by atoms with Crippen LogP contribution in [0.4, 0.5) is 4.79 Å². The smallest absolute Gasteiger partial charge is 0.411 e. The number of amides is 1. The zero-order chi connectivity index (χ0) is 14.6. The van der Waals surface area contributed by atoms with Gasteiger partial charge in [-0.15, -0.1) is 0 Å². The monoisotopic (exact) mass is 267 g/mol. The Kier molecular flexibility index (Phi) is 4.75. The van der Waals surface area contributed by atoms with E-state index in [1.54, 1.807) is 20.8 Å². The van der Waals surface area contributed by atoms with Gasteiger partial charge in [0.2, 0.25) is 0 Å². The maximum Gasteiger partial charge on any atom is 0.411 e. The van der Waals surface area contributed by atoms with Crippen molar-refractivity contribution < 1.29 is 19.4 Å². The molecule has 1 amide bonds. The molecule has 0 radical (unpaired) electrons. The molecular weight excluding hydrogens is 246 g/mol. The van der Waals surface area contributed by atoms with Gasteiger partial charge < -0.3 is 9.84 Å². The second-order valence-corrected chi connectivity index (χ2v) is 5.58. The van der Waals surface area contributed by atoms with Crippen molar-refractivity contribution >= 4 is 12.1 Å². The molecule has 1 aliphatic carbocycles. The van der Waals surface area contributed by atoms with Crippen LogP contribution in [-0.2, 0) is 9.53 Å². The lowest BCUT2D eigenvalue weighted by atomic mass is 10.2. The van der Waals surface area contributed by atoms with Crippen LogP contribution < -0.4 is 0 Å². The summed E-state index contributed by atoms with van der Waals surface area (Å²) in [6.45, 7) is 7.02. The van der Waals surface area contributed by atoms with E-state index in [0.29, 0.717) is 0 Å². The molecule has 0 bridgehead atoms. The highest BCUT2D eigenvalue weighted by atomic mass is 16.6. The van der Waals surface area contributed by atoms with Gasteiger partial charge in [-0.2, -0.15) is 0 Å². The molecule has 1 atom stereocenters. The first kappa shape index (κ1) is 15.3. The van der Waals surface area contributed by atoms with E-state index in [2.05, 4.69) is 0 Å². The number of rotatable bonds is 4. The third kappa shape index (κ3) is 4.77. The fraction of sp³-hybridized carbons (Fsp3) is 0.571. The molecule has 0 saturated heterocycles. The lowest BCUT2D eigenvalue weighted by Gasteiger charge is -2.30. The number of hydrogen-bond donors (Lipinski definition) is 1. The Bertz CT molecular complexity index is 418. The molecule has 0 aromatic heterocycles. The quantitative estimate of drug-likeness (QED) is 0.850. The van der Waals surface area contributed by atoms with Gasteiger partial charge in [-0.3, -0.25) is 4.90 Å². The first-order valence-corrected chi connectivity index (χ1v) is 6.27. The van der Waals surface area contributed by atoms with Crippen molar-refractivity contribution in [3.8, 4) is 0 Å². The predicted molar refractivity (Wildman–Crippen MR) is 71.9 cm³/mol. The Morgan fingerprint density at radius 3 is 2.53 bits per heavy atom. The molecule has 19 heavy (non-hydrogen) atoms. The lowest BCUT2D eigenvalue weighted by Crippen LogP contribution is -2.46. The molecular formula is C14H21NO4. The predicted octanol–water partition coefficient (Wildman–Crippen LogP) is 2.58. The number of aliphatic carboxylic acids is 1. The normalized spacial score (nSPS) is 15.9. The van der Waals surface area contributed by atoms with Crippen molar-refractivity contribution in [2.45, 2.75) is 45.8 Å². The molecule has 0 aromatic carbocycles. The first-order valence-electron chi connectivity index (χ1n) is 6.27. The van der Waals surface area contributed by atoms with Gasteiger partial charge in [0.05, 0.1) is 0 Å². The molecule has 5 nitrogen and oxygen atoms in total. The van der Waals surface area contributed by atoms with Gasteiger partial charge >= 0.3 is 12.1 Å². The Hall–Kier alpha value is -1.78. The molecule has 0 fully saturated rings. The number of carbonyl (C=O) groups excluding carboxylic acids is 1. The Labute approximate surface area is 113 Å². The van der Waals surface area contributed by atoms with Crippen molar-refractivity contribution in [2.75, 3.05) is 6.54 Å². The molecule has 1 rings (SSSR count). The van der Waals surface area contributed by atoms with Crippen LogP contribution in [0.3, 0.4) is 0 Å². The molecule has 5 heteroatoms. The Balaban J connectivity index is 2.79. The highest BCUT2D eigenvalue weighted by molar-refractivity contribution is 5.80. The summed E-state index contributed by atoms with van der Waals surface area (Å²) in [6.07, 6.45) is 5.90. The summed E-state index contributed by atoms with van der Waals surface area (Å²) in [5.41, 5.74) is 0.356. The summed E-state index contributed by atoms with van der Waals surface area (Å²) >= 11 is 0. The lowest BCUT2D eigenvalue weighted by molar-refractivity contribution is -0.142. The minimum Gasteiger partial charge on any atom is -0.480 e. The highest BCUT2D eigenvalue weighted by Crippen LogP contribution is 2.17. The Morgan fingerprint density at radius 1 is 1.47 bits per heavy atom. The minimum absolute atomic E-state index is 0.273. The van der Waals surface area contributed by atoms with Crippen molar-refractivity contribution in [3.05, 3.63) is 23.8 Å². The maximum absolute atomic E-state index is 12.1. The number of carboxylic acids is 1. The van der Waals surface area contributed by atoms with Gasteiger partial charge in [0.1, 0.15) is 11.6 Å². The van der Waals surface area contributed by atoms with Crippen LogP contribution in [-0.4, -0.2) is 40.3 Å². The van der Waals surface area contributed by atoms with Crippen molar-refractivity contribution in [3.63, 3.8) is 0 Å². The summed E-state index contributed by atoms with van der Waals surface area (Å²) in [5.74, 6) is -1.04. The summed E-state index contributed by atoms with van der Waals surface area (Å²) in [6, 6.07) is -0.920. The molecule has 0 heterocycles. The van der Waals surface area contributed by atoms with E-state index < -0.39 is 23.7 Å². The summed E-state index contributed by atoms with van der Waals surface area (Å²) in [4.78, 5) is 24.4. The number of carbonyl (C=O) groups is 2. The van der Waals surface area contributed by atoms with E-state index in [9.17, 15) is 9.59 Å². The summed E-state index contributed by atoms with van der Waals surface area (Å²) in [5, 5.41) is 9.09. The van der Waals surface area contributed by atoms with Gasteiger partial charge in [0.25, 0.3) is 0 Å². The van der Waals surface area contributed by atoms with Crippen LogP contribution in [0.15, 0.2) is 23.8 Å². The standard InChI is InChI=1S/C14H21NO4/c1-10(12(16)17)15(9-11-7-5-6-8-11)13(18)19-14(2,3)4/h5-7,10H,8-9H2,1-4H3,(H,16,17)/t10-/m0/s1. The van der Waals surface area contributed by atoms with E-state index >= 15 is 0 Å². The van der Waals surface area contributed by atoms with Crippen molar-refractivity contribution in [1.29, 1.82) is 0 Å². The number of hydrogen-bond acceptors (Lipinski definition) is 3. The van der Waals surface area contributed by atoms with Crippen molar-refractivity contribution in [2.24, 2.45) is 0 Å². The van der Waals surface area contributed by atoms with Crippen LogP contribution in [0, 0.1) is 0 Å². The second-order valence-electron chi connectivity index (χ2n) is 5.58. The average Bonchev–Trinajstić information content (AvgIpc) is 2.74. The fourth-order valence-corrected chi connectivity index (χ4v) is 1.64. The van der Waals surface area contributed by atoms with E-state index in [4.69, 9.17) is 9.84 Å². The van der Waals surface area contributed by atoms with E-state index in [1.807, 2.05) is 18.2 Å². The van der Waals surface area contributed by atoms with E-state index in [-0.39, 0.29) is 6.54 Å². The molecule has 1 aliphatic rings. The van der Waals surface area contributed by atoms with Gasteiger partial charge in [0, 0.05) is 6.54 Å². The number of carboxylic acid groups (broad SMARTS) is 1. The largest absolute Gasteiger partial charge is 0.480 e. The molecule has 106 valence electrons. The molecule has 0 saturated carbocycles. The van der Waals surface area contributed by atoms with Crippen LogP contribution in [0.25, 0.3) is 0 Å². The summed E-state index contributed by atoms with van der Waals surface area (Å²) in [7, 11) is 0. The topological polar surface area (TPSA) is 66.8 Å². The molecule has 1 N–H and O–H groups in total. The Morgan fingerprint density at radius 2 is 2.11 bits per heavy atom. The number of allylic oxidation sites excluding steroid dienone is 3. The number of ether oxygens (including phenoxy) is 1. The van der Waals surface area contributed by atoms with Crippen LogP contribution in [0.1, 0.15) is 34.1 Å². The van der Waals surface area contributed by atoms with Crippen LogP contribution in [0.5, 0.6) is 0 Å². The fourth-order valence-electron chi connectivity index (χ4n) is 1.64. The van der Waals surface area contributed by atoms with Gasteiger partial charge in [-0.05, 0) is 39.7 Å². The van der Waals surface area contributed by atoms with Crippen molar-refractivity contribution in [1.82, 2.24) is 4.90 Å². The minimum atomic E-state index is -1.04. The molecule has 0 spiro atoms. The average molecular weight is 267 g/mol. The van der Waals surface area contributed by atoms with Gasteiger partial charge in [0.15, 0.2) is 0 Å². The summed E-state index contributed by atoms with van der Waals surface area (Å²) < 4.78 is 5.26. The molecule has 0 aromatic rings. The third-order valence-electron chi connectivity index (χ3n) is 2.67.